The van der Waals surface area contributed by atoms with Crippen molar-refractivity contribution in [1.82, 2.24) is 10.2 Å². The SMILES string of the molecule is O=C(Nc1nnc(SCc2ccccc2F)s1)c1cc(C(F)(F)F)cc(C(F)(F)F)c1. The molecule has 0 aliphatic rings. The highest BCUT2D eigenvalue weighted by molar-refractivity contribution is 8.00. The van der Waals surface area contributed by atoms with Crippen LogP contribution in [0.3, 0.4) is 0 Å². The summed E-state index contributed by atoms with van der Waals surface area (Å²) < 4.78 is 91.5. The fourth-order valence-corrected chi connectivity index (χ4v) is 4.06. The van der Waals surface area contributed by atoms with Gasteiger partial charge in [0.15, 0.2) is 4.34 Å². The number of halogens is 7. The van der Waals surface area contributed by atoms with Gasteiger partial charge >= 0.3 is 12.4 Å². The molecule has 0 saturated carbocycles. The molecule has 0 fully saturated rings. The molecule has 1 heterocycles. The van der Waals surface area contributed by atoms with Crippen molar-refractivity contribution in [2.24, 2.45) is 0 Å². The third-order valence-electron chi connectivity index (χ3n) is 3.79. The Hall–Kier alpha value is -2.67. The number of hydrogen-bond acceptors (Lipinski definition) is 5. The van der Waals surface area contributed by atoms with Crippen LogP contribution in [0.15, 0.2) is 46.8 Å². The number of benzene rings is 2. The first-order valence-electron chi connectivity index (χ1n) is 8.24. The molecule has 0 saturated heterocycles. The Labute approximate surface area is 178 Å². The molecule has 0 bridgehead atoms. The van der Waals surface area contributed by atoms with Crippen molar-refractivity contribution in [2.75, 3.05) is 5.32 Å². The van der Waals surface area contributed by atoms with E-state index in [-0.39, 0.29) is 17.0 Å². The van der Waals surface area contributed by atoms with Crippen LogP contribution in [0.1, 0.15) is 27.0 Å². The molecule has 31 heavy (non-hydrogen) atoms. The van der Waals surface area contributed by atoms with E-state index in [1.165, 1.54) is 12.1 Å². The lowest BCUT2D eigenvalue weighted by atomic mass is 10.0. The number of nitrogens with zero attached hydrogens (tertiary/aromatic N) is 2. The van der Waals surface area contributed by atoms with Gasteiger partial charge in [-0.15, -0.1) is 10.2 Å². The molecule has 13 heteroatoms. The van der Waals surface area contributed by atoms with Crippen LogP contribution in [0, 0.1) is 5.82 Å². The van der Waals surface area contributed by atoms with Gasteiger partial charge in [0.1, 0.15) is 5.82 Å². The summed E-state index contributed by atoms with van der Waals surface area (Å²) in [6, 6.07) is 6.59. The van der Waals surface area contributed by atoms with Gasteiger partial charge in [0.05, 0.1) is 11.1 Å². The molecule has 1 amide bonds. The Bertz CT molecular complexity index is 1060. The second-order valence-electron chi connectivity index (χ2n) is 6.00. The Morgan fingerprint density at radius 1 is 0.968 bits per heavy atom. The first-order valence-corrected chi connectivity index (χ1v) is 10.0. The van der Waals surface area contributed by atoms with Gasteiger partial charge in [0, 0.05) is 11.3 Å². The van der Waals surface area contributed by atoms with E-state index in [1.54, 1.807) is 12.1 Å². The maximum Gasteiger partial charge on any atom is 0.416 e. The number of amides is 1. The van der Waals surface area contributed by atoms with Crippen LogP contribution in [0.4, 0.5) is 35.9 Å². The van der Waals surface area contributed by atoms with Crippen molar-refractivity contribution in [3.8, 4) is 0 Å². The standard InChI is InChI=1S/C18H10F7N3OS2/c19-13-4-2-1-3-9(13)8-30-16-28-27-15(31-16)26-14(29)10-5-11(17(20,21)22)7-12(6-10)18(23,24)25/h1-7H,8H2,(H,26,27,29). The van der Waals surface area contributed by atoms with Crippen molar-refractivity contribution >= 4 is 34.1 Å². The molecule has 0 aliphatic heterocycles. The predicted molar refractivity (Wildman–Crippen MR) is 100 cm³/mol. The van der Waals surface area contributed by atoms with E-state index in [0.717, 1.165) is 23.1 Å². The van der Waals surface area contributed by atoms with E-state index in [2.05, 4.69) is 15.5 Å². The maximum absolute atomic E-state index is 13.6. The summed E-state index contributed by atoms with van der Waals surface area (Å²) in [6.45, 7) is 0. The van der Waals surface area contributed by atoms with Crippen molar-refractivity contribution in [1.29, 1.82) is 0 Å². The lowest BCUT2D eigenvalue weighted by molar-refractivity contribution is -0.143. The summed E-state index contributed by atoms with van der Waals surface area (Å²) in [7, 11) is 0. The minimum absolute atomic E-state index is 0.0703. The minimum atomic E-state index is -5.07. The molecule has 4 nitrogen and oxygen atoms in total. The Morgan fingerprint density at radius 3 is 2.16 bits per heavy atom. The summed E-state index contributed by atoms with van der Waals surface area (Å²) in [6.07, 6.45) is -10.1. The van der Waals surface area contributed by atoms with E-state index in [0.29, 0.717) is 22.0 Å². The summed E-state index contributed by atoms with van der Waals surface area (Å²) in [5, 5.41) is 9.39. The summed E-state index contributed by atoms with van der Waals surface area (Å²) >= 11 is 1.94. The molecule has 3 aromatic rings. The first kappa shape index (κ1) is 23.0. The smallest absolute Gasteiger partial charge is 0.296 e. The zero-order valence-corrected chi connectivity index (χ0v) is 16.6. The van der Waals surface area contributed by atoms with Crippen LogP contribution in [0.25, 0.3) is 0 Å². The van der Waals surface area contributed by atoms with Crippen LogP contribution in [-0.4, -0.2) is 16.1 Å². The van der Waals surface area contributed by atoms with E-state index >= 15 is 0 Å². The number of carbonyl (C=O) groups excluding carboxylic acids is 1. The van der Waals surface area contributed by atoms with Gasteiger partial charge in [-0.2, -0.15) is 26.3 Å². The molecule has 0 unspecified atom stereocenters. The molecule has 0 radical (unpaired) electrons. The lowest BCUT2D eigenvalue weighted by Crippen LogP contribution is -2.17. The number of aromatic nitrogens is 2. The third kappa shape index (κ3) is 5.94. The molecule has 2 aromatic carbocycles. The van der Waals surface area contributed by atoms with Crippen molar-refractivity contribution in [3.63, 3.8) is 0 Å². The van der Waals surface area contributed by atoms with Crippen LogP contribution in [-0.2, 0) is 18.1 Å². The lowest BCUT2D eigenvalue weighted by Gasteiger charge is -2.13. The first-order chi connectivity index (χ1) is 14.4. The molecule has 0 spiro atoms. The van der Waals surface area contributed by atoms with Gasteiger partial charge in [0.25, 0.3) is 5.91 Å². The maximum atomic E-state index is 13.6. The van der Waals surface area contributed by atoms with E-state index < -0.39 is 40.8 Å². The summed E-state index contributed by atoms with van der Waals surface area (Å²) in [5.41, 5.74) is -3.65. The van der Waals surface area contributed by atoms with E-state index in [4.69, 9.17) is 0 Å². The molecule has 3 rings (SSSR count). The summed E-state index contributed by atoms with van der Waals surface area (Å²) in [4.78, 5) is 12.2. The Kier molecular flexibility index (Phi) is 6.55. The van der Waals surface area contributed by atoms with Crippen LogP contribution < -0.4 is 5.32 Å². The number of nitrogens with one attached hydrogen (secondary N) is 1. The number of rotatable bonds is 5. The monoisotopic (exact) mass is 481 g/mol. The Morgan fingerprint density at radius 2 is 1.58 bits per heavy atom. The number of anilines is 1. The van der Waals surface area contributed by atoms with Crippen molar-refractivity contribution in [2.45, 2.75) is 22.4 Å². The number of alkyl halides is 6. The van der Waals surface area contributed by atoms with Crippen LogP contribution in [0.2, 0.25) is 0 Å². The average Bonchev–Trinajstić information content (AvgIpc) is 3.13. The fourth-order valence-electron chi connectivity index (χ4n) is 2.33. The average molecular weight is 481 g/mol. The zero-order chi connectivity index (χ0) is 22.8. The van der Waals surface area contributed by atoms with Gasteiger partial charge in [0.2, 0.25) is 5.13 Å². The highest BCUT2D eigenvalue weighted by Gasteiger charge is 2.37. The highest BCUT2D eigenvalue weighted by Crippen LogP contribution is 2.36. The fraction of sp³-hybridized carbons (Fsp3) is 0.167. The molecular weight excluding hydrogens is 471 g/mol. The normalized spacial score (nSPS) is 12.1. The largest absolute Gasteiger partial charge is 0.416 e. The Balaban J connectivity index is 1.75. The number of hydrogen-bond donors (Lipinski definition) is 1. The number of thioether (sulfide) groups is 1. The van der Waals surface area contributed by atoms with Crippen molar-refractivity contribution < 1.29 is 35.5 Å². The molecule has 0 atom stereocenters. The van der Waals surface area contributed by atoms with Gasteiger partial charge in [-0.25, -0.2) is 4.39 Å². The zero-order valence-electron chi connectivity index (χ0n) is 15.0. The quantitative estimate of drug-likeness (QED) is 0.266. The van der Waals surface area contributed by atoms with E-state index in [1.807, 2.05) is 0 Å². The van der Waals surface area contributed by atoms with Gasteiger partial charge < -0.3 is 0 Å². The third-order valence-corrected chi connectivity index (χ3v) is 5.81. The van der Waals surface area contributed by atoms with Gasteiger partial charge in [-0.1, -0.05) is 41.3 Å². The van der Waals surface area contributed by atoms with E-state index in [9.17, 15) is 35.5 Å². The van der Waals surface area contributed by atoms with Gasteiger partial charge in [-0.3, -0.25) is 10.1 Å². The number of carbonyl (C=O) groups is 1. The molecule has 0 aliphatic carbocycles. The molecule has 164 valence electrons. The molecule has 1 aromatic heterocycles. The molecular formula is C18H10F7N3OS2. The minimum Gasteiger partial charge on any atom is -0.296 e. The topological polar surface area (TPSA) is 54.9 Å². The van der Waals surface area contributed by atoms with Gasteiger partial charge in [-0.05, 0) is 29.8 Å². The van der Waals surface area contributed by atoms with Crippen LogP contribution >= 0.6 is 23.1 Å². The highest BCUT2D eigenvalue weighted by atomic mass is 32.2. The van der Waals surface area contributed by atoms with Crippen LogP contribution in [0.5, 0.6) is 0 Å². The molecule has 1 N–H and O–H groups in total. The second-order valence-corrected chi connectivity index (χ2v) is 8.20. The summed E-state index contributed by atoms with van der Waals surface area (Å²) in [5.74, 6) is -1.42. The van der Waals surface area contributed by atoms with Crippen molar-refractivity contribution in [3.05, 3.63) is 70.5 Å². The second kappa shape index (κ2) is 8.83. The predicted octanol–water partition coefficient (Wildman–Crippen LogP) is 6.26.